The first-order valence-electron chi connectivity index (χ1n) is 7.66. The molecule has 0 unspecified atom stereocenters. The summed E-state index contributed by atoms with van der Waals surface area (Å²) in [5.74, 6) is -1.52. The molecule has 2 N–H and O–H groups in total. The van der Waals surface area contributed by atoms with E-state index in [0.717, 1.165) is 19.3 Å². The second-order valence-electron chi connectivity index (χ2n) is 6.20. The molecule has 1 saturated carbocycles. The zero-order valence-corrected chi connectivity index (χ0v) is 12.7. The Kier molecular flexibility index (Phi) is 4.14. The van der Waals surface area contributed by atoms with Crippen LogP contribution in [0.4, 0.5) is 8.78 Å². The van der Waals surface area contributed by atoms with Crippen LogP contribution in [0.25, 0.3) is 11.1 Å². The molecular formula is C16H20F2N2O2. The molecule has 1 aromatic heterocycles. The van der Waals surface area contributed by atoms with Crippen LogP contribution in [-0.4, -0.2) is 22.2 Å². The molecule has 0 spiro atoms. The molecule has 120 valence electrons. The van der Waals surface area contributed by atoms with Crippen LogP contribution in [0.3, 0.4) is 0 Å². The SMILES string of the molecule is CC(C)c1nc2cc(CN[C@@H]3CCC[C@@H]3O)c(F)c(F)c2o1. The highest BCUT2D eigenvalue weighted by molar-refractivity contribution is 5.74. The zero-order valence-electron chi connectivity index (χ0n) is 12.7. The number of aliphatic hydroxyl groups is 1. The number of aromatic nitrogens is 1. The lowest BCUT2D eigenvalue weighted by Gasteiger charge is -2.16. The molecule has 1 aromatic carbocycles. The van der Waals surface area contributed by atoms with E-state index in [9.17, 15) is 13.9 Å². The Hall–Kier alpha value is -1.53. The predicted octanol–water partition coefficient (Wildman–Crippen LogP) is 3.23. The lowest BCUT2D eigenvalue weighted by atomic mass is 10.1. The molecule has 0 amide bonds. The minimum atomic E-state index is -0.999. The highest BCUT2D eigenvalue weighted by Crippen LogP contribution is 2.27. The first-order chi connectivity index (χ1) is 10.5. The van der Waals surface area contributed by atoms with Crippen LogP contribution in [0.5, 0.6) is 0 Å². The van der Waals surface area contributed by atoms with E-state index in [1.165, 1.54) is 6.07 Å². The van der Waals surface area contributed by atoms with Crippen molar-refractivity contribution in [3.63, 3.8) is 0 Å². The molecule has 0 saturated heterocycles. The normalized spacial score (nSPS) is 22.1. The summed E-state index contributed by atoms with van der Waals surface area (Å²) >= 11 is 0. The van der Waals surface area contributed by atoms with Gasteiger partial charge in [-0.3, -0.25) is 0 Å². The van der Waals surface area contributed by atoms with E-state index in [-0.39, 0.29) is 29.7 Å². The first kappa shape index (κ1) is 15.4. The van der Waals surface area contributed by atoms with Crippen molar-refractivity contribution in [3.8, 4) is 0 Å². The molecule has 1 aliphatic carbocycles. The summed E-state index contributed by atoms with van der Waals surface area (Å²) in [6.45, 7) is 3.91. The largest absolute Gasteiger partial charge is 0.437 e. The highest BCUT2D eigenvalue weighted by atomic mass is 19.2. The maximum atomic E-state index is 14.1. The number of fused-ring (bicyclic) bond motifs is 1. The number of hydrogen-bond donors (Lipinski definition) is 2. The van der Waals surface area contributed by atoms with Gasteiger partial charge in [-0.15, -0.1) is 0 Å². The molecule has 6 heteroatoms. The van der Waals surface area contributed by atoms with Gasteiger partial charge in [0.2, 0.25) is 5.82 Å². The fraction of sp³-hybridized carbons (Fsp3) is 0.562. The van der Waals surface area contributed by atoms with Gasteiger partial charge in [-0.2, -0.15) is 4.39 Å². The predicted molar refractivity (Wildman–Crippen MR) is 78.5 cm³/mol. The van der Waals surface area contributed by atoms with Gasteiger partial charge in [0.25, 0.3) is 0 Å². The van der Waals surface area contributed by atoms with Gasteiger partial charge >= 0.3 is 0 Å². The molecule has 4 nitrogen and oxygen atoms in total. The summed E-state index contributed by atoms with van der Waals surface area (Å²) in [5.41, 5.74) is 0.393. The topological polar surface area (TPSA) is 58.3 Å². The van der Waals surface area contributed by atoms with Crippen LogP contribution >= 0.6 is 0 Å². The maximum Gasteiger partial charge on any atom is 0.203 e. The number of hydrogen-bond acceptors (Lipinski definition) is 4. The minimum absolute atomic E-state index is 0.00470. The summed E-state index contributed by atoms with van der Waals surface area (Å²) in [6, 6.07) is 1.44. The van der Waals surface area contributed by atoms with Gasteiger partial charge in [0.1, 0.15) is 5.52 Å². The van der Waals surface area contributed by atoms with E-state index >= 15 is 0 Å². The number of aliphatic hydroxyl groups excluding tert-OH is 1. The Morgan fingerprint density at radius 1 is 1.36 bits per heavy atom. The zero-order chi connectivity index (χ0) is 15.9. The van der Waals surface area contributed by atoms with Gasteiger partial charge in [-0.1, -0.05) is 13.8 Å². The van der Waals surface area contributed by atoms with Crippen molar-refractivity contribution >= 4 is 11.1 Å². The Morgan fingerprint density at radius 3 is 2.77 bits per heavy atom. The standard InChI is InChI=1S/C16H20F2N2O2/c1-8(2)16-20-11-6-9(13(17)14(18)15(11)22-16)7-19-10-4-3-5-12(10)21/h6,8,10,12,19,21H,3-5,7H2,1-2H3/t10-,12+/m1/s1. The van der Waals surface area contributed by atoms with Gasteiger partial charge < -0.3 is 14.8 Å². The van der Waals surface area contributed by atoms with Crippen molar-refractivity contribution in [2.75, 3.05) is 0 Å². The maximum absolute atomic E-state index is 14.1. The summed E-state index contributed by atoms with van der Waals surface area (Å²) in [6.07, 6.45) is 2.11. The van der Waals surface area contributed by atoms with Crippen molar-refractivity contribution in [3.05, 3.63) is 29.2 Å². The van der Waals surface area contributed by atoms with Crippen molar-refractivity contribution in [2.24, 2.45) is 0 Å². The van der Waals surface area contributed by atoms with E-state index < -0.39 is 17.7 Å². The summed E-state index contributed by atoms with van der Waals surface area (Å²) in [7, 11) is 0. The number of halogens is 2. The average molecular weight is 310 g/mol. The average Bonchev–Trinajstić information content (AvgIpc) is 3.08. The first-order valence-corrected chi connectivity index (χ1v) is 7.66. The molecule has 1 aliphatic rings. The van der Waals surface area contributed by atoms with Gasteiger partial charge in [-0.25, -0.2) is 9.37 Å². The molecule has 2 atom stereocenters. The Balaban J connectivity index is 1.87. The van der Waals surface area contributed by atoms with Crippen molar-refractivity contribution < 1.29 is 18.3 Å². The van der Waals surface area contributed by atoms with Gasteiger partial charge in [0.05, 0.1) is 6.10 Å². The van der Waals surface area contributed by atoms with Gasteiger partial charge in [0, 0.05) is 24.1 Å². The third-order valence-electron chi connectivity index (χ3n) is 4.18. The quantitative estimate of drug-likeness (QED) is 0.910. The van der Waals surface area contributed by atoms with Crippen LogP contribution in [-0.2, 0) is 6.54 Å². The lowest BCUT2D eigenvalue weighted by Crippen LogP contribution is -2.35. The molecule has 0 bridgehead atoms. The second-order valence-corrected chi connectivity index (χ2v) is 6.20. The van der Waals surface area contributed by atoms with E-state index in [4.69, 9.17) is 4.42 Å². The van der Waals surface area contributed by atoms with Crippen LogP contribution in [0.2, 0.25) is 0 Å². The Labute approximate surface area is 127 Å². The molecule has 3 rings (SSSR count). The van der Waals surface area contributed by atoms with Crippen LogP contribution in [0.15, 0.2) is 10.5 Å². The molecule has 2 aromatic rings. The molecule has 1 heterocycles. The fourth-order valence-electron chi connectivity index (χ4n) is 2.87. The van der Waals surface area contributed by atoms with Gasteiger partial charge in [0.15, 0.2) is 17.3 Å². The third kappa shape index (κ3) is 2.73. The summed E-state index contributed by atoms with van der Waals surface area (Å²) in [4.78, 5) is 4.22. The number of rotatable bonds is 4. The Morgan fingerprint density at radius 2 is 2.14 bits per heavy atom. The van der Waals surface area contributed by atoms with Crippen LogP contribution < -0.4 is 5.32 Å². The summed E-state index contributed by atoms with van der Waals surface area (Å²) < 4.78 is 33.6. The molecular weight excluding hydrogens is 290 g/mol. The molecule has 1 fully saturated rings. The smallest absolute Gasteiger partial charge is 0.203 e. The van der Waals surface area contributed by atoms with Gasteiger partial charge in [-0.05, 0) is 25.3 Å². The monoisotopic (exact) mass is 310 g/mol. The molecule has 0 radical (unpaired) electrons. The lowest BCUT2D eigenvalue weighted by molar-refractivity contribution is 0.148. The van der Waals surface area contributed by atoms with Crippen molar-refractivity contribution in [1.29, 1.82) is 0 Å². The number of nitrogens with zero attached hydrogens (tertiary/aromatic N) is 1. The van der Waals surface area contributed by atoms with Crippen molar-refractivity contribution in [1.82, 2.24) is 10.3 Å². The summed E-state index contributed by atoms with van der Waals surface area (Å²) in [5, 5.41) is 12.9. The highest BCUT2D eigenvalue weighted by Gasteiger charge is 2.26. The van der Waals surface area contributed by atoms with E-state index in [0.29, 0.717) is 11.4 Å². The number of oxazole rings is 1. The Bertz CT molecular complexity index is 684. The number of nitrogens with one attached hydrogen (secondary N) is 1. The second kappa shape index (κ2) is 5.93. The molecule has 0 aliphatic heterocycles. The molecule has 22 heavy (non-hydrogen) atoms. The number of benzene rings is 1. The minimum Gasteiger partial charge on any atom is -0.437 e. The van der Waals surface area contributed by atoms with E-state index in [1.54, 1.807) is 0 Å². The van der Waals surface area contributed by atoms with E-state index in [1.807, 2.05) is 13.8 Å². The van der Waals surface area contributed by atoms with Crippen LogP contribution in [0.1, 0.15) is 50.5 Å². The van der Waals surface area contributed by atoms with Crippen molar-refractivity contribution in [2.45, 2.75) is 57.7 Å². The van der Waals surface area contributed by atoms with E-state index in [2.05, 4.69) is 10.3 Å². The third-order valence-corrected chi connectivity index (χ3v) is 4.18. The fourth-order valence-corrected chi connectivity index (χ4v) is 2.87. The van der Waals surface area contributed by atoms with Crippen LogP contribution in [0, 0.1) is 11.6 Å².